The zero-order valence-electron chi connectivity index (χ0n) is 10.6. The summed E-state index contributed by atoms with van der Waals surface area (Å²) in [5.74, 6) is -0.175. The van der Waals surface area contributed by atoms with Crippen molar-refractivity contribution in [3.8, 4) is 0 Å². The van der Waals surface area contributed by atoms with Gasteiger partial charge in [0.05, 0.1) is 12.0 Å². The van der Waals surface area contributed by atoms with Gasteiger partial charge < -0.3 is 11.1 Å². The first kappa shape index (κ1) is 14.4. The first-order chi connectivity index (χ1) is 8.97. The highest BCUT2D eigenvalue weighted by Crippen LogP contribution is 2.27. The molecule has 1 aliphatic carbocycles. The van der Waals surface area contributed by atoms with E-state index in [1.807, 2.05) is 25.1 Å². The Balaban J connectivity index is 2.02. The van der Waals surface area contributed by atoms with Crippen molar-refractivity contribution < 1.29 is 4.79 Å². The van der Waals surface area contributed by atoms with Crippen LogP contribution >= 0.6 is 23.2 Å². The highest BCUT2D eigenvalue weighted by Gasteiger charge is 2.24. The number of halogens is 2. The molecule has 0 aromatic heterocycles. The second kappa shape index (κ2) is 5.95. The number of hydrogen-bond acceptors (Lipinski definition) is 2. The number of carbonyl (C=O) groups is 1. The summed E-state index contributed by atoms with van der Waals surface area (Å²) in [5, 5.41) is 4.08. The number of carbonyl (C=O) groups excluding carboxylic acids is 1. The van der Waals surface area contributed by atoms with Crippen LogP contribution in [0.5, 0.6) is 0 Å². The van der Waals surface area contributed by atoms with Crippen molar-refractivity contribution in [2.75, 3.05) is 0 Å². The van der Waals surface area contributed by atoms with Crippen LogP contribution < -0.4 is 11.1 Å². The molecule has 0 fully saturated rings. The third kappa shape index (κ3) is 3.50. The fourth-order valence-corrected chi connectivity index (χ4v) is 2.74. The monoisotopic (exact) mass is 298 g/mol. The third-order valence-electron chi connectivity index (χ3n) is 3.24. The molecule has 0 bridgehead atoms. The average Bonchev–Trinajstić information content (AvgIpc) is 2.75. The maximum Gasteiger partial charge on any atom is 0.227 e. The summed E-state index contributed by atoms with van der Waals surface area (Å²) in [6.07, 6.45) is 4.38. The molecule has 3 atom stereocenters. The number of nitrogens with one attached hydrogen (secondary N) is 1. The van der Waals surface area contributed by atoms with Crippen LogP contribution in [-0.2, 0) is 4.79 Å². The largest absolute Gasteiger partial charge is 0.349 e. The van der Waals surface area contributed by atoms with Gasteiger partial charge in [-0.25, -0.2) is 0 Å². The van der Waals surface area contributed by atoms with Crippen molar-refractivity contribution in [3.05, 3.63) is 46.0 Å². The molecule has 102 valence electrons. The fraction of sp³-hybridized carbons (Fsp3) is 0.357. The molecule has 1 aromatic rings. The van der Waals surface area contributed by atoms with Gasteiger partial charge in [-0.1, -0.05) is 41.4 Å². The van der Waals surface area contributed by atoms with E-state index < -0.39 is 0 Å². The molecule has 1 aliphatic rings. The minimum Gasteiger partial charge on any atom is -0.349 e. The lowest BCUT2D eigenvalue weighted by molar-refractivity contribution is -0.124. The first-order valence-electron chi connectivity index (χ1n) is 6.16. The van der Waals surface area contributed by atoms with Crippen LogP contribution in [0, 0.1) is 5.92 Å². The van der Waals surface area contributed by atoms with Crippen molar-refractivity contribution in [2.24, 2.45) is 11.7 Å². The summed E-state index contributed by atoms with van der Waals surface area (Å²) in [6, 6.07) is 5.07. The third-order valence-corrected chi connectivity index (χ3v) is 3.80. The van der Waals surface area contributed by atoms with Gasteiger partial charge in [-0.15, -0.1) is 0 Å². The molecule has 0 radical (unpaired) electrons. The Morgan fingerprint density at radius 3 is 2.74 bits per heavy atom. The molecule has 1 aromatic carbocycles. The highest BCUT2D eigenvalue weighted by atomic mass is 35.5. The van der Waals surface area contributed by atoms with Crippen molar-refractivity contribution in [3.63, 3.8) is 0 Å². The number of benzene rings is 1. The van der Waals surface area contributed by atoms with E-state index >= 15 is 0 Å². The predicted octanol–water partition coefficient (Wildman–Crippen LogP) is 3.07. The number of amides is 1. The fourth-order valence-electron chi connectivity index (χ4n) is 2.17. The van der Waals surface area contributed by atoms with Gasteiger partial charge in [0.2, 0.25) is 5.91 Å². The predicted molar refractivity (Wildman–Crippen MR) is 78.2 cm³/mol. The lowest BCUT2D eigenvalue weighted by Gasteiger charge is -2.18. The molecular weight excluding hydrogens is 283 g/mol. The summed E-state index contributed by atoms with van der Waals surface area (Å²) >= 11 is 12.0. The van der Waals surface area contributed by atoms with Gasteiger partial charge >= 0.3 is 0 Å². The molecule has 0 aliphatic heterocycles. The molecule has 3 unspecified atom stereocenters. The summed E-state index contributed by atoms with van der Waals surface area (Å²) in [5.41, 5.74) is 6.60. The molecule has 1 amide bonds. The van der Waals surface area contributed by atoms with E-state index in [9.17, 15) is 4.79 Å². The quantitative estimate of drug-likeness (QED) is 0.843. The lowest BCUT2D eigenvalue weighted by atomic mass is 10.0. The molecule has 2 rings (SSSR count). The SMILES string of the molecule is CC(NC(=O)C1C=CC(N)C1)c1ccc(Cl)cc1Cl. The van der Waals surface area contributed by atoms with Crippen LogP contribution in [-0.4, -0.2) is 11.9 Å². The van der Waals surface area contributed by atoms with Crippen molar-refractivity contribution in [1.29, 1.82) is 0 Å². The van der Waals surface area contributed by atoms with Crippen molar-refractivity contribution in [1.82, 2.24) is 5.32 Å². The Bertz CT molecular complexity index is 516. The average molecular weight is 299 g/mol. The summed E-state index contributed by atoms with van der Waals surface area (Å²) in [6.45, 7) is 1.89. The van der Waals surface area contributed by atoms with Crippen LogP contribution in [0.15, 0.2) is 30.4 Å². The normalized spacial score (nSPS) is 23.4. The minimum absolute atomic E-state index is 0.0230. The van der Waals surface area contributed by atoms with E-state index in [1.54, 1.807) is 12.1 Å². The molecule has 5 heteroatoms. The van der Waals surface area contributed by atoms with E-state index in [-0.39, 0.29) is 23.9 Å². The van der Waals surface area contributed by atoms with E-state index in [0.29, 0.717) is 16.5 Å². The van der Waals surface area contributed by atoms with Gasteiger partial charge in [0.15, 0.2) is 0 Å². The van der Waals surface area contributed by atoms with E-state index in [2.05, 4.69) is 5.32 Å². The number of nitrogens with two attached hydrogens (primary N) is 1. The molecule has 0 saturated heterocycles. The van der Waals surface area contributed by atoms with Gasteiger partial charge in [-0.3, -0.25) is 4.79 Å². The van der Waals surface area contributed by atoms with Gasteiger partial charge in [-0.2, -0.15) is 0 Å². The number of hydrogen-bond donors (Lipinski definition) is 2. The van der Waals surface area contributed by atoms with Crippen molar-refractivity contribution in [2.45, 2.75) is 25.4 Å². The maximum absolute atomic E-state index is 12.1. The molecular formula is C14H16Cl2N2O. The van der Waals surface area contributed by atoms with Gasteiger partial charge in [0.25, 0.3) is 0 Å². The van der Waals surface area contributed by atoms with Crippen LogP contribution in [0.1, 0.15) is 24.9 Å². The Hall–Kier alpha value is -1.03. The molecule has 3 N–H and O–H groups in total. The Kier molecular flexibility index (Phi) is 4.50. The smallest absolute Gasteiger partial charge is 0.227 e. The van der Waals surface area contributed by atoms with Gasteiger partial charge in [0.1, 0.15) is 0 Å². The summed E-state index contributed by atoms with van der Waals surface area (Å²) in [4.78, 5) is 12.1. The van der Waals surface area contributed by atoms with Gasteiger partial charge in [0, 0.05) is 16.1 Å². The molecule has 0 heterocycles. The van der Waals surface area contributed by atoms with Crippen LogP contribution in [0.2, 0.25) is 10.0 Å². The molecule has 0 saturated carbocycles. The minimum atomic E-state index is -0.164. The Morgan fingerprint density at radius 2 is 2.16 bits per heavy atom. The topological polar surface area (TPSA) is 55.1 Å². The highest BCUT2D eigenvalue weighted by molar-refractivity contribution is 6.35. The van der Waals surface area contributed by atoms with E-state index in [0.717, 1.165) is 5.56 Å². The standard InChI is InChI=1S/C14H16Cl2N2O/c1-8(12-5-3-10(15)7-13(12)16)18-14(19)9-2-4-11(17)6-9/h2-5,7-9,11H,6,17H2,1H3,(H,18,19). The molecule has 0 spiro atoms. The van der Waals surface area contributed by atoms with Gasteiger partial charge in [-0.05, 0) is 31.0 Å². The van der Waals surface area contributed by atoms with Crippen molar-refractivity contribution >= 4 is 29.1 Å². The first-order valence-corrected chi connectivity index (χ1v) is 6.92. The van der Waals surface area contributed by atoms with Crippen LogP contribution in [0.25, 0.3) is 0 Å². The van der Waals surface area contributed by atoms with E-state index in [1.165, 1.54) is 0 Å². The second-order valence-electron chi connectivity index (χ2n) is 4.79. The maximum atomic E-state index is 12.1. The zero-order valence-corrected chi connectivity index (χ0v) is 12.1. The Morgan fingerprint density at radius 1 is 1.42 bits per heavy atom. The summed E-state index contributed by atoms with van der Waals surface area (Å²) in [7, 11) is 0. The van der Waals surface area contributed by atoms with Crippen LogP contribution in [0.3, 0.4) is 0 Å². The van der Waals surface area contributed by atoms with E-state index in [4.69, 9.17) is 28.9 Å². The zero-order chi connectivity index (χ0) is 14.0. The summed E-state index contributed by atoms with van der Waals surface area (Å²) < 4.78 is 0. The Labute approximate surface area is 122 Å². The molecule has 19 heavy (non-hydrogen) atoms. The second-order valence-corrected chi connectivity index (χ2v) is 5.63. The van der Waals surface area contributed by atoms with Crippen LogP contribution in [0.4, 0.5) is 0 Å². The lowest BCUT2D eigenvalue weighted by Crippen LogP contribution is -2.32. The number of rotatable bonds is 3. The molecule has 3 nitrogen and oxygen atoms in total.